The van der Waals surface area contributed by atoms with E-state index in [0.717, 1.165) is 0 Å². The number of benzene rings is 1. The Balaban J connectivity index is 1.91. The standard InChI is InChI=1S/C18H17FN8O/c1-2-21-18(28)26-17-24-12-8-11(10-4-5-13(20)22-9-10)14(19)16(15(12)25-17)27-7-3-6-23-27/h3-9H,2H2,1H3,(H2,20,22)(H3,21,24,25,26,28). The van der Waals surface area contributed by atoms with Crippen molar-refractivity contribution in [1.29, 1.82) is 0 Å². The fraction of sp³-hybridized carbons (Fsp3) is 0.111. The molecule has 4 rings (SSSR count). The highest BCUT2D eigenvalue weighted by Crippen LogP contribution is 2.33. The minimum Gasteiger partial charge on any atom is -0.384 e. The minimum atomic E-state index is -0.515. The molecule has 142 valence electrons. The largest absolute Gasteiger partial charge is 0.384 e. The molecule has 0 spiro atoms. The van der Waals surface area contributed by atoms with Gasteiger partial charge in [0.2, 0.25) is 5.95 Å². The second-order valence-corrected chi connectivity index (χ2v) is 5.98. The van der Waals surface area contributed by atoms with Crippen LogP contribution in [0.1, 0.15) is 6.92 Å². The molecule has 4 aromatic rings. The predicted molar refractivity (Wildman–Crippen MR) is 104 cm³/mol. The van der Waals surface area contributed by atoms with Crippen molar-refractivity contribution in [3.8, 4) is 16.8 Å². The first-order chi connectivity index (χ1) is 13.6. The number of anilines is 2. The number of nitrogens with two attached hydrogens (primary N) is 1. The van der Waals surface area contributed by atoms with Gasteiger partial charge in [0.15, 0.2) is 5.82 Å². The SMILES string of the molecule is CCNC(=O)Nc1nc2c(-n3cccn3)c(F)c(-c3ccc(N)nc3)cc2[nH]1. The third-order valence-electron chi connectivity index (χ3n) is 4.09. The Morgan fingerprint density at radius 2 is 2.25 bits per heavy atom. The molecule has 1 aromatic carbocycles. The van der Waals surface area contributed by atoms with Crippen LogP contribution in [0.4, 0.5) is 21.0 Å². The van der Waals surface area contributed by atoms with E-state index in [-0.39, 0.29) is 11.6 Å². The van der Waals surface area contributed by atoms with Gasteiger partial charge in [0.05, 0.1) is 5.52 Å². The van der Waals surface area contributed by atoms with E-state index in [1.165, 1.54) is 10.9 Å². The molecule has 28 heavy (non-hydrogen) atoms. The quantitative estimate of drug-likeness (QED) is 0.433. The highest BCUT2D eigenvalue weighted by Gasteiger charge is 2.20. The molecule has 10 heteroatoms. The van der Waals surface area contributed by atoms with Crippen LogP contribution >= 0.6 is 0 Å². The number of halogens is 1. The molecule has 0 aliphatic rings. The first-order valence-corrected chi connectivity index (χ1v) is 8.55. The highest BCUT2D eigenvalue weighted by atomic mass is 19.1. The highest BCUT2D eigenvalue weighted by molar-refractivity contribution is 5.94. The molecule has 0 aliphatic carbocycles. The lowest BCUT2D eigenvalue weighted by atomic mass is 10.0. The maximum Gasteiger partial charge on any atom is 0.321 e. The summed E-state index contributed by atoms with van der Waals surface area (Å²) in [6.45, 7) is 2.27. The Morgan fingerprint density at radius 3 is 2.93 bits per heavy atom. The van der Waals surface area contributed by atoms with E-state index < -0.39 is 11.8 Å². The molecule has 0 atom stereocenters. The number of aromatic amines is 1. The molecule has 0 unspecified atom stereocenters. The van der Waals surface area contributed by atoms with Crippen LogP contribution in [0.25, 0.3) is 27.8 Å². The third-order valence-corrected chi connectivity index (χ3v) is 4.09. The predicted octanol–water partition coefficient (Wildman–Crippen LogP) is 2.67. The van der Waals surface area contributed by atoms with E-state index in [1.54, 1.807) is 43.6 Å². The van der Waals surface area contributed by atoms with Crippen molar-refractivity contribution < 1.29 is 9.18 Å². The lowest BCUT2D eigenvalue weighted by molar-refractivity contribution is 0.252. The normalized spacial score (nSPS) is 10.9. The smallest absolute Gasteiger partial charge is 0.321 e. The zero-order chi connectivity index (χ0) is 19.7. The van der Waals surface area contributed by atoms with Gasteiger partial charge in [0, 0.05) is 36.3 Å². The molecule has 0 aliphatic heterocycles. The minimum absolute atomic E-state index is 0.162. The van der Waals surface area contributed by atoms with Gasteiger partial charge in [-0.05, 0) is 31.2 Å². The number of nitrogens with one attached hydrogen (secondary N) is 3. The van der Waals surface area contributed by atoms with Crippen LogP contribution in [0.5, 0.6) is 0 Å². The topological polar surface area (TPSA) is 127 Å². The van der Waals surface area contributed by atoms with Crippen LogP contribution in [0.2, 0.25) is 0 Å². The molecule has 0 radical (unpaired) electrons. The molecule has 0 bridgehead atoms. The zero-order valence-electron chi connectivity index (χ0n) is 14.9. The maximum atomic E-state index is 15.5. The van der Waals surface area contributed by atoms with Gasteiger partial charge in [-0.25, -0.2) is 23.8 Å². The Morgan fingerprint density at radius 1 is 1.39 bits per heavy atom. The number of urea groups is 1. The summed E-state index contributed by atoms with van der Waals surface area (Å²) in [4.78, 5) is 23.2. The number of hydrogen-bond acceptors (Lipinski definition) is 5. The molecule has 3 aromatic heterocycles. The van der Waals surface area contributed by atoms with Crippen LogP contribution in [0.3, 0.4) is 0 Å². The summed E-state index contributed by atoms with van der Waals surface area (Å²) in [6.07, 6.45) is 4.66. The van der Waals surface area contributed by atoms with Gasteiger partial charge in [-0.1, -0.05) is 0 Å². The monoisotopic (exact) mass is 380 g/mol. The molecule has 5 N–H and O–H groups in total. The van der Waals surface area contributed by atoms with E-state index >= 15 is 4.39 Å². The van der Waals surface area contributed by atoms with Gasteiger partial charge < -0.3 is 16.0 Å². The van der Waals surface area contributed by atoms with E-state index in [1.807, 2.05) is 0 Å². The van der Waals surface area contributed by atoms with Crippen molar-refractivity contribution in [2.24, 2.45) is 0 Å². The van der Waals surface area contributed by atoms with Gasteiger partial charge >= 0.3 is 6.03 Å². The van der Waals surface area contributed by atoms with Crippen LogP contribution in [0, 0.1) is 5.82 Å². The number of carbonyl (C=O) groups is 1. The number of rotatable bonds is 4. The average Bonchev–Trinajstić information content (AvgIpc) is 3.32. The molecule has 0 saturated carbocycles. The average molecular weight is 380 g/mol. The Labute approximate surface area is 158 Å². The molecular weight excluding hydrogens is 363 g/mol. The van der Waals surface area contributed by atoms with Crippen LogP contribution in [0.15, 0.2) is 42.9 Å². The number of amides is 2. The number of aromatic nitrogens is 5. The fourth-order valence-corrected chi connectivity index (χ4v) is 2.87. The van der Waals surface area contributed by atoms with E-state index in [0.29, 0.717) is 34.5 Å². The zero-order valence-corrected chi connectivity index (χ0v) is 14.9. The third kappa shape index (κ3) is 3.11. The Bertz CT molecular complexity index is 1130. The van der Waals surface area contributed by atoms with Crippen molar-refractivity contribution in [2.45, 2.75) is 6.92 Å². The lowest BCUT2D eigenvalue weighted by Gasteiger charge is -2.10. The van der Waals surface area contributed by atoms with Gasteiger partial charge in [-0.2, -0.15) is 5.10 Å². The molecule has 0 fully saturated rings. The first kappa shape index (κ1) is 17.5. The van der Waals surface area contributed by atoms with Crippen LogP contribution in [-0.4, -0.2) is 37.3 Å². The van der Waals surface area contributed by atoms with Gasteiger partial charge in [-0.3, -0.25) is 5.32 Å². The molecule has 2 amide bonds. The van der Waals surface area contributed by atoms with E-state index in [9.17, 15) is 4.79 Å². The summed E-state index contributed by atoms with van der Waals surface area (Å²) in [7, 11) is 0. The molecule has 3 heterocycles. The maximum absolute atomic E-state index is 15.5. The van der Waals surface area contributed by atoms with Crippen molar-refractivity contribution in [3.63, 3.8) is 0 Å². The van der Waals surface area contributed by atoms with Crippen molar-refractivity contribution in [1.82, 2.24) is 30.0 Å². The second-order valence-electron chi connectivity index (χ2n) is 5.98. The fourth-order valence-electron chi connectivity index (χ4n) is 2.87. The number of hydrogen-bond donors (Lipinski definition) is 4. The molecular formula is C18H17FN8O. The Kier molecular flexibility index (Phi) is 4.36. The number of nitrogen functional groups attached to an aromatic ring is 1. The van der Waals surface area contributed by atoms with Crippen molar-refractivity contribution >= 4 is 28.8 Å². The summed E-state index contributed by atoms with van der Waals surface area (Å²) in [5.41, 5.74) is 7.52. The van der Waals surface area contributed by atoms with Gasteiger partial charge in [0.1, 0.15) is 17.0 Å². The number of imidazole rings is 1. The van der Waals surface area contributed by atoms with E-state index in [2.05, 4.69) is 30.7 Å². The molecule has 0 saturated heterocycles. The lowest BCUT2D eigenvalue weighted by Crippen LogP contribution is -2.28. The number of H-pyrrole nitrogens is 1. The van der Waals surface area contributed by atoms with Crippen LogP contribution < -0.4 is 16.4 Å². The van der Waals surface area contributed by atoms with Crippen LogP contribution in [-0.2, 0) is 0 Å². The molecule has 9 nitrogen and oxygen atoms in total. The van der Waals surface area contributed by atoms with Gasteiger partial charge in [-0.15, -0.1) is 0 Å². The number of fused-ring (bicyclic) bond motifs is 1. The Hall–Kier alpha value is -3.95. The van der Waals surface area contributed by atoms with Gasteiger partial charge in [0.25, 0.3) is 0 Å². The van der Waals surface area contributed by atoms with Crippen molar-refractivity contribution in [2.75, 3.05) is 17.6 Å². The summed E-state index contributed by atoms with van der Waals surface area (Å²) < 4.78 is 16.9. The van der Waals surface area contributed by atoms with E-state index in [4.69, 9.17) is 5.73 Å². The van der Waals surface area contributed by atoms with Crippen molar-refractivity contribution in [3.05, 3.63) is 48.7 Å². The second kappa shape index (κ2) is 6.99. The summed E-state index contributed by atoms with van der Waals surface area (Å²) in [5, 5.41) is 9.34. The summed E-state index contributed by atoms with van der Waals surface area (Å²) in [5.74, 6) is 0.0210. The number of carbonyl (C=O) groups excluding carboxylic acids is 1. The summed E-state index contributed by atoms with van der Waals surface area (Å²) >= 11 is 0. The number of nitrogens with zero attached hydrogens (tertiary/aromatic N) is 4. The summed E-state index contributed by atoms with van der Waals surface area (Å²) in [6, 6.07) is 6.17. The number of pyridine rings is 1. The first-order valence-electron chi connectivity index (χ1n) is 8.55.